The molecule has 0 radical (unpaired) electrons. The number of rotatable bonds is 6. The summed E-state index contributed by atoms with van der Waals surface area (Å²) in [7, 11) is -3.70. The molecule has 8 heteroatoms. The average Bonchev–Trinajstić information content (AvgIpc) is 2.68. The molecule has 1 heterocycles. The minimum absolute atomic E-state index is 0.0975. The van der Waals surface area contributed by atoms with E-state index in [-0.39, 0.29) is 27.7 Å². The number of amides is 2. The molecule has 6 nitrogen and oxygen atoms in total. The van der Waals surface area contributed by atoms with Gasteiger partial charge in [-0.3, -0.25) is 9.59 Å². The molecular formula is C21H24N2O4S2. The molecule has 0 bridgehead atoms. The molecule has 0 aliphatic carbocycles. The highest BCUT2D eigenvalue weighted by Gasteiger charge is 2.27. The van der Waals surface area contributed by atoms with E-state index in [0.717, 1.165) is 16.9 Å². The summed E-state index contributed by atoms with van der Waals surface area (Å²) in [6.07, 6.45) is 0.764. The first kappa shape index (κ1) is 21.4. The Labute approximate surface area is 175 Å². The summed E-state index contributed by atoms with van der Waals surface area (Å²) in [6, 6.07) is 12.2. The van der Waals surface area contributed by atoms with Crippen LogP contribution in [0.1, 0.15) is 26.3 Å². The number of benzene rings is 2. The van der Waals surface area contributed by atoms with Crippen LogP contribution in [0.4, 0.5) is 11.4 Å². The Morgan fingerprint density at radius 1 is 1.24 bits per heavy atom. The first-order chi connectivity index (χ1) is 13.7. The maximum Gasteiger partial charge on any atom is 0.237 e. The number of fused-ring (bicyclic) bond motifs is 1. The van der Waals surface area contributed by atoms with Crippen LogP contribution in [0.25, 0.3) is 0 Å². The zero-order chi connectivity index (χ0) is 21.2. The van der Waals surface area contributed by atoms with Gasteiger partial charge < -0.3 is 10.6 Å². The Morgan fingerprint density at radius 2 is 1.97 bits per heavy atom. The zero-order valence-electron chi connectivity index (χ0n) is 16.6. The quantitative estimate of drug-likeness (QED) is 0.726. The predicted octanol–water partition coefficient (Wildman–Crippen LogP) is 3.73. The summed E-state index contributed by atoms with van der Waals surface area (Å²) in [5.74, 6) is -1.54. The fourth-order valence-corrected chi connectivity index (χ4v) is 5.59. The first-order valence-corrected chi connectivity index (χ1v) is 12.0. The van der Waals surface area contributed by atoms with Gasteiger partial charge in [-0.2, -0.15) is 0 Å². The van der Waals surface area contributed by atoms with Gasteiger partial charge in [0.25, 0.3) is 0 Å². The molecule has 2 atom stereocenters. The van der Waals surface area contributed by atoms with E-state index >= 15 is 0 Å². The Balaban J connectivity index is 1.74. The van der Waals surface area contributed by atoms with Crippen molar-refractivity contribution in [1.82, 2.24) is 0 Å². The molecule has 2 aromatic carbocycles. The van der Waals surface area contributed by atoms with Crippen molar-refractivity contribution in [3.05, 3.63) is 48.0 Å². The maximum absolute atomic E-state index is 12.9. The van der Waals surface area contributed by atoms with E-state index in [2.05, 4.69) is 10.6 Å². The minimum atomic E-state index is -3.70. The van der Waals surface area contributed by atoms with Gasteiger partial charge in [0.15, 0.2) is 9.84 Å². The van der Waals surface area contributed by atoms with Gasteiger partial charge >= 0.3 is 0 Å². The Morgan fingerprint density at radius 3 is 2.69 bits per heavy atom. The number of hydrogen-bond acceptors (Lipinski definition) is 5. The Bertz CT molecular complexity index is 1050. The number of anilines is 2. The van der Waals surface area contributed by atoms with Gasteiger partial charge in [0.05, 0.1) is 21.6 Å². The largest absolute Gasteiger partial charge is 0.326 e. The van der Waals surface area contributed by atoms with Gasteiger partial charge in [-0.1, -0.05) is 32.0 Å². The number of sulfone groups is 1. The Kier molecular flexibility index (Phi) is 6.33. The molecule has 1 aliphatic rings. The van der Waals surface area contributed by atoms with E-state index in [4.69, 9.17) is 0 Å². The van der Waals surface area contributed by atoms with Crippen LogP contribution in [0.3, 0.4) is 0 Å². The van der Waals surface area contributed by atoms with Gasteiger partial charge in [-0.25, -0.2) is 8.42 Å². The number of carbonyl (C=O) groups is 2. The van der Waals surface area contributed by atoms with Crippen molar-refractivity contribution in [2.45, 2.75) is 42.2 Å². The van der Waals surface area contributed by atoms with Crippen molar-refractivity contribution in [3.63, 3.8) is 0 Å². The molecule has 2 amide bonds. The molecule has 2 aromatic rings. The third-order valence-electron chi connectivity index (χ3n) is 4.81. The van der Waals surface area contributed by atoms with E-state index in [9.17, 15) is 18.0 Å². The standard InChI is InChI=1S/C21H24N2O4S2/c1-4-15-7-5-6-8-17(15)22-20(24)13(2)12-29(26,27)16-9-10-19-18(11-16)23-21(25)14(3)28-19/h5-11,13-14H,4,12H2,1-3H3,(H,22,24)(H,23,25)/t13-,14+/m1/s1. The molecule has 0 spiro atoms. The summed E-state index contributed by atoms with van der Waals surface area (Å²) in [4.78, 5) is 25.4. The first-order valence-electron chi connectivity index (χ1n) is 9.44. The SMILES string of the molecule is CCc1ccccc1NC(=O)[C@H](C)CS(=O)(=O)c1ccc2c(c1)NC(=O)[C@H](C)S2. The van der Waals surface area contributed by atoms with Crippen LogP contribution in [-0.2, 0) is 25.8 Å². The van der Waals surface area contributed by atoms with Crippen LogP contribution in [0, 0.1) is 5.92 Å². The molecule has 0 fully saturated rings. The second-order valence-corrected chi connectivity index (χ2v) is 10.5. The molecule has 0 aromatic heterocycles. The number of thioether (sulfide) groups is 1. The van der Waals surface area contributed by atoms with Gasteiger partial charge in [-0.15, -0.1) is 11.8 Å². The monoisotopic (exact) mass is 432 g/mol. The Hall–Kier alpha value is -2.32. The number of para-hydroxylation sites is 1. The summed E-state index contributed by atoms with van der Waals surface area (Å²) in [6.45, 7) is 5.39. The van der Waals surface area contributed by atoms with Crippen molar-refractivity contribution in [1.29, 1.82) is 0 Å². The fourth-order valence-electron chi connectivity index (χ4n) is 3.09. The minimum Gasteiger partial charge on any atom is -0.326 e. The molecule has 1 aliphatic heterocycles. The zero-order valence-corrected chi connectivity index (χ0v) is 18.2. The van der Waals surface area contributed by atoms with Crippen molar-refractivity contribution < 1.29 is 18.0 Å². The number of aryl methyl sites for hydroxylation is 1. The molecule has 0 saturated heterocycles. The van der Waals surface area contributed by atoms with Gasteiger partial charge in [0.2, 0.25) is 11.8 Å². The van der Waals surface area contributed by atoms with Gasteiger partial charge in [0, 0.05) is 16.5 Å². The second-order valence-electron chi connectivity index (χ2n) is 7.09. The van der Waals surface area contributed by atoms with Crippen molar-refractivity contribution in [2.75, 3.05) is 16.4 Å². The molecule has 154 valence electrons. The highest BCUT2D eigenvalue weighted by atomic mass is 32.2. The lowest BCUT2D eigenvalue weighted by Crippen LogP contribution is -2.28. The molecule has 2 N–H and O–H groups in total. The van der Waals surface area contributed by atoms with Crippen LogP contribution in [0.2, 0.25) is 0 Å². The van der Waals surface area contributed by atoms with Crippen LogP contribution in [0.5, 0.6) is 0 Å². The van der Waals surface area contributed by atoms with Crippen molar-refractivity contribution in [2.24, 2.45) is 5.92 Å². The van der Waals surface area contributed by atoms with E-state index in [1.807, 2.05) is 31.2 Å². The lowest BCUT2D eigenvalue weighted by Gasteiger charge is -2.22. The summed E-state index contributed by atoms with van der Waals surface area (Å²) < 4.78 is 25.7. The van der Waals surface area contributed by atoms with Gasteiger partial charge in [0.1, 0.15) is 0 Å². The fraction of sp³-hybridized carbons (Fsp3) is 0.333. The number of hydrogen-bond donors (Lipinski definition) is 2. The summed E-state index contributed by atoms with van der Waals surface area (Å²) >= 11 is 1.39. The van der Waals surface area contributed by atoms with Crippen LogP contribution >= 0.6 is 11.8 Å². The lowest BCUT2D eigenvalue weighted by atomic mass is 10.1. The van der Waals surface area contributed by atoms with E-state index in [1.54, 1.807) is 19.9 Å². The normalized spacial score (nSPS) is 17.2. The smallest absolute Gasteiger partial charge is 0.237 e. The number of carbonyl (C=O) groups excluding carboxylic acids is 2. The molecule has 3 rings (SSSR count). The maximum atomic E-state index is 12.9. The van der Waals surface area contributed by atoms with E-state index in [0.29, 0.717) is 11.4 Å². The van der Waals surface area contributed by atoms with Crippen LogP contribution < -0.4 is 10.6 Å². The molecule has 29 heavy (non-hydrogen) atoms. The third kappa shape index (κ3) is 4.82. The summed E-state index contributed by atoms with van der Waals surface area (Å²) in [5, 5.41) is 5.35. The van der Waals surface area contributed by atoms with Crippen molar-refractivity contribution >= 4 is 44.8 Å². The van der Waals surface area contributed by atoms with E-state index < -0.39 is 15.8 Å². The highest BCUT2D eigenvalue weighted by molar-refractivity contribution is 8.01. The highest BCUT2D eigenvalue weighted by Crippen LogP contribution is 2.37. The van der Waals surface area contributed by atoms with E-state index in [1.165, 1.54) is 23.9 Å². The van der Waals surface area contributed by atoms with Crippen LogP contribution in [-0.4, -0.2) is 31.2 Å². The molecular weight excluding hydrogens is 408 g/mol. The number of nitrogens with one attached hydrogen (secondary N) is 2. The topological polar surface area (TPSA) is 92.3 Å². The molecule has 0 saturated carbocycles. The van der Waals surface area contributed by atoms with Gasteiger partial charge in [-0.05, 0) is 43.2 Å². The predicted molar refractivity (Wildman–Crippen MR) is 116 cm³/mol. The average molecular weight is 433 g/mol. The second kappa shape index (κ2) is 8.59. The van der Waals surface area contributed by atoms with Crippen molar-refractivity contribution in [3.8, 4) is 0 Å². The summed E-state index contributed by atoms with van der Waals surface area (Å²) in [5.41, 5.74) is 2.19. The third-order valence-corrected chi connectivity index (χ3v) is 7.90. The van der Waals surface area contributed by atoms with Crippen LogP contribution in [0.15, 0.2) is 52.3 Å². The molecule has 0 unspecified atom stereocenters. The lowest BCUT2D eigenvalue weighted by molar-refractivity contribution is -0.119.